The molecule has 3 amide bonds. The number of hydrogen-bond donors (Lipinski definition) is 2. The molecule has 11 nitrogen and oxygen atoms in total. The molecule has 0 unspecified atom stereocenters. The van der Waals surface area contributed by atoms with Gasteiger partial charge in [0.25, 0.3) is 0 Å². The standard InChI is InChI=1S/C39H54FN3O8/c1-39(2,3)51-38(47)42-31(22-40)25-11-13-26(14-12-25)36(45)43-18-17-30(24-8-5-4-6-9-24)34(43)35(44)41-28-15-16-32-27(20-28)21-33(50-32)37(46)49-23-29-10-7-19-48-29/h15-16,20-21,24-26,29-31,34H,4-14,17-19,22-23H2,1-3H3,(H,41,44)(H,42,47)/t25?,26?,29-,30-,31+,34-/m0/s1. The number of hydrogen-bond acceptors (Lipinski definition) is 8. The highest BCUT2D eigenvalue weighted by Crippen LogP contribution is 2.41. The van der Waals surface area contributed by atoms with Gasteiger partial charge in [0.05, 0.1) is 12.1 Å². The zero-order valence-corrected chi connectivity index (χ0v) is 30.3. The number of furan rings is 1. The fraction of sp³-hybridized carbons (Fsp3) is 0.692. The maximum atomic E-state index is 14.2. The summed E-state index contributed by atoms with van der Waals surface area (Å²) < 4.78 is 36.1. The van der Waals surface area contributed by atoms with Crippen LogP contribution in [0.4, 0.5) is 14.9 Å². The Bertz CT molecular complexity index is 1530. The van der Waals surface area contributed by atoms with Crippen LogP contribution in [0.3, 0.4) is 0 Å². The van der Waals surface area contributed by atoms with Crippen molar-refractivity contribution in [3.05, 3.63) is 30.0 Å². The molecule has 2 aliphatic heterocycles. The summed E-state index contributed by atoms with van der Waals surface area (Å²) in [6.45, 7) is 5.98. The number of nitrogens with one attached hydrogen (secondary N) is 2. The van der Waals surface area contributed by atoms with Gasteiger partial charge in [0.15, 0.2) is 0 Å². The van der Waals surface area contributed by atoms with Crippen LogP contribution in [0.2, 0.25) is 0 Å². The fourth-order valence-corrected chi connectivity index (χ4v) is 8.65. The van der Waals surface area contributed by atoms with Crippen LogP contribution in [-0.4, -0.2) is 79.0 Å². The Morgan fingerprint density at radius 3 is 2.41 bits per heavy atom. The highest BCUT2D eigenvalue weighted by molar-refractivity contribution is 6.00. The molecule has 2 aliphatic carbocycles. The number of nitrogens with zero attached hydrogens (tertiary/aromatic N) is 1. The van der Waals surface area contributed by atoms with Gasteiger partial charge >= 0.3 is 12.1 Å². The first-order valence-electron chi connectivity index (χ1n) is 19.0. The van der Waals surface area contributed by atoms with Crippen LogP contribution in [0, 0.1) is 23.7 Å². The third-order valence-electron chi connectivity index (χ3n) is 11.2. The van der Waals surface area contributed by atoms with Crippen molar-refractivity contribution < 1.29 is 42.2 Å². The summed E-state index contributed by atoms with van der Waals surface area (Å²) in [6, 6.07) is 5.60. The van der Waals surface area contributed by atoms with Gasteiger partial charge in [0, 0.05) is 30.1 Å². The average Bonchev–Trinajstić information content (AvgIpc) is 3.89. The molecular weight excluding hydrogens is 657 g/mol. The topological polar surface area (TPSA) is 136 Å². The van der Waals surface area contributed by atoms with Crippen molar-refractivity contribution in [1.29, 1.82) is 0 Å². The van der Waals surface area contributed by atoms with Gasteiger partial charge in [-0.25, -0.2) is 14.0 Å². The number of amides is 3. The molecule has 2 saturated heterocycles. The molecule has 12 heteroatoms. The van der Waals surface area contributed by atoms with E-state index in [0.29, 0.717) is 61.4 Å². The average molecular weight is 712 g/mol. The predicted molar refractivity (Wildman–Crippen MR) is 189 cm³/mol. The number of ether oxygens (including phenoxy) is 3. The van der Waals surface area contributed by atoms with Crippen molar-refractivity contribution >= 4 is 40.5 Å². The molecule has 6 rings (SSSR count). The number of alkyl carbamates (subject to hydrolysis) is 1. The van der Waals surface area contributed by atoms with Crippen LogP contribution in [-0.2, 0) is 23.8 Å². The number of carbonyl (C=O) groups is 4. The van der Waals surface area contributed by atoms with Crippen LogP contribution >= 0.6 is 0 Å². The number of anilines is 1. The molecule has 3 heterocycles. The van der Waals surface area contributed by atoms with Crippen molar-refractivity contribution in [3.63, 3.8) is 0 Å². The SMILES string of the molecule is CC(C)(C)OC(=O)N[C@H](CF)C1CCC(C(=O)N2CC[C@@H](C3CCCCC3)[C@H]2C(=O)Nc2ccc3oc(C(=O)OC[C@@H]4CCCO4)cc3c2)CC1. The lowest BCUT2D eigenvalue weighted by Gasteiger charge is -2.37. The Morgan fingerprint density at radius 2 is 1.73 bits per heavy atom. The highest BCUT2D eigenvalue weighted by Gasteiger charge is 2.47. The summed E-state index contributed by atoms with van der Waals surface area (Å²) in [4.78, 5) is 55.2. The largest absolute Gasteiger partial charge is 0.457 e. The second kappa shape index (κ2) is 16.3. The molecule has 4 aliphatic rings. The van der Waals surface area contributed by atoms with Crippen LogP contribution in [0.25, 0.3) is 11.0 Å². The van der Waals surface area contributed by atoms with Gasteiger partial charge in [0.2, 0.25) is 17.6 Å². The lowest BCUT2D eigenvalue weighted by atomic mass is 9.76. The molecule has 4 fully saturated rings. The quantitative estimate of drug-likeness (QED) is 0.248. The van der Waals surface area contributed by atoms with E-state index in [4.69, 9.17) is 18.6 Å². The van der Waals surface area contributed by atoms with Crippen LogP contribution < -0.4 is 10.6 Å². The second-order valence-corrected chi connectivity index (χ2v) is 15.9. The number of benzene rings is 1. The van der Waals surface area contributed by atoms with Crippen molar-refractivity contribution in [2.75, 3.05) is 31.7 Å². The van der Waals surface area contributed by atoms with E-state index >= 15 is 0 Å². The number of likely N-dealkylation sites (tertiary alicyclic amines) is 1. The van der Waals surface area contributed by atoms with E-state index in [0.717, 1.165) is 44.9 Å². The lowest BCUT2D eigenvalue weighted by Crippen LogP contribution is -2.50. The van der Waals surface area contributed by atoms with Crippen LogP contribution in [0.1, 0.15) is 108 Å². The Morgan fingerprint density at radius 1 is 0.961 bits per heavy atom. The monoisotopic (exact) mass is 711 g/mol. The van der Waals surface area contributed by atoms with Gasteiger partial charge in [-0.15, -0.1) is 0 Å². The van der Waals surface area contributed by atoms with E-state index in [1.807, 2.05) is 4.90 Å². The van der Waals surface area contributed by atoms with Crippen molar-refractivity contribution in [2.45, 2.75) is 122 Å². The summed E-state index contributed by atoms with van der Waals surface area (Å²) in [5.74, 6) is -0.594. The van der Waals surface area contributed by atoms with E-state index in [1.54, 1.807) is 45.0 Å². The van der Waals surface area contributed by atoms with Crippen LogP contribution in [0.5, 0.6) is 0 Å². The first-order valence-corrected chi connectivity index (χ1v) is 19.0. The molecule has 51 heavy (non-hydrogen) atoms. The van der Waals surface area contributed by atoms with E-state index in [9.17, 15) is 23.6 Å². The number of fused-ring (bicyclic) bond motifs is 1. The Hall–Kier alpha value is -3.67. The zero-order valence-electron chi connectivity index (χ0n) is 30.3. The molecule has 1 aromatic carbocycles. The Kier molecular flexibility index (Phi) is 11.9. The van der Waals surface area contributed by atoms with Gasteiger partial charge in [0.1, 0.15) is 30.5 Å². The molecule has 2 N–H and O–H groups in total. The molecule has 4 atom stereocenters. The lowest BCUT2D eigenvalue weighted by molar-refractivity contribution is -0.142. The molecule has 0 spiro atoms. The minimum absolute atomic E-state index is 0.0137. The summed E-state index contributed by atoms with van der Waals surface area (Å²) in [6.07, 6.45) is 9.82. The smallest absolute Gasteiger partial charge is 0.407 e. The number of alkyl halides is 1. The summed E-state index contributed by atoms with van der Waals surface area (Å²) in [5, 5.41) is 6.45. The minimum Gasteiger partial charge on any atom is -0.457 e. The minimum atomic E-state index is -0.703. The Balaban J connectivity index is 1.11. The van der Waals surface area contributed by atoms with Gasteiger partial charge in [-0.2, -0.15) is 0 Å². The summed E-state index contributed by atoms with van der Waals surface area (Å²) in [5.41, 5.74) is 0.380. The molecular formula is C39H54FN3O8. The van der Waals surface area contributed by atoms with Crippen LogP contribution in [0.15, 0.2) is 28.7 Å². The van der Waals surface area contributed by atoms with E-state index < -0.39 is 36.4 Å². The van der Waals surface area contributed by atoms with E-state index in [-0.39, 0.29) is 48.0 Å². The second-order valence-electron chi connectivity index (χ2n) is 15.9. The first-order chi connectivity index (χ1) is 24.5. The van der Waals surface area contributed by atoms with Gasteiger partial charge in [-0.3, -0.25) is 9.59 Å². The summed E-state index contributed by atoms with van der Waals surface area (Å²) in [7, 11) is 0. The van der Waals surface area contributed by atoms with Crippen molar-refractivity contribution in [2.24, 2.45) is 23.7 Å². The molecule has 1 aromatic heterocycles. The number of esters is 1. The van der Waals surface area contributed by atoms with Gasteiger partial charge < -0.3 is 34.2 Å². The Labute approximate surface area is 299 Å². The molecule has 0 radical (unpaired) electrons. The van der Waals surface area contributed by atoms with E-state index in [2.05, 4.69) is 10.6 Å². The van der Waals surface area contributed by atoms with Gasteiger partial charge in [-0.1, -0.05) is 32.1 Å². The van der Waals surface area contributed by atoms with Crippen molar-refractivity contribution in [1.82, 2.24) is 10.2 Å². The fourth-order valence-electron chi connectivity index (χ4n) is 8.65. The third-order valence-corrected chi connectivity index (χ3v) is 11.2. The van der Waals surface area contributed by atoms with Gasteiger partial charge in [-0.05, 0) is 108 Å². The molecule has 2 saturated carbocycles. The molecule has 2 aromatic rings. The maximum Gasteiger partial charge on any atom is 0.407 e. The van der Waals surface area contributed by atoms with E-state index in [1.165, 1.54) is 6.42 Å². The number of rotatable bonds is 10. The maximum absolute atomic E-state index is 14.2. The van der Waals surface area contributed by atoms with Crippen molar-refractivity contribution in [3.8, 4) is 0 Å². The predicted octanol–water partition coefficient (Wildman–Crippen LogP) is 7.17. The summed E-state index contributed by atoms with van der Waals surface area (Å²) >= 11 is 0. The molecule has 0 bridgehead atoms. The molecule has 280 valence electrons. The third kappa shape index (κ3) is 9.23. The first kappa shape index (κ1) is 37.1. The normalized spacial score (nSPS) is 26.5. The number of halogens is 1. The zero-order chi connectivity index (χ0) is 36.1. The highest BCUT2D eigenvalue weighted by atomic mass is 19.1. The number of carbonyl (C=O) groups excluding carboxylic acids is 4.